The van der Waals surface area contributed by atoms with Gasteiger partial charge in [0.2, 0.25) is 0 Å². The standard InChI is InChI=1S/C12H10FNO/c13-12(9-4-3-7-14-8-9)10-5-1-2-6-11(10)15/h1-8,12,15H. The average Bonchev–Trinajstić information content (AvgIpc) is 2.30. The van der Waals surface area contributed by atoms with Crippen molar-refractivity contribution in [2.75, 3.05) is 0 Å². The van der Waals surface area contributed by atoms with Gasteiger partial charge in [0.1, 0.15) is 5.75 Å². The molecular weight excluding hydrogens is 193 g/mol. The maximum atomic E-state index is 13.9. The van der Waals surface area contributed by atoms with Crippen LogP contribution in [0.3, 0.4) is 0 Å². The summed E-state index contributed by atoms with van der Waals surface area (Å²) in [6.07, 6.45) is 1.71. The predicted octanol–water partition coefficient (Wildman–Crippen LogP) is 2.85. The van der Waals surface area contributed by atoms with Gasteiger partial charge in [0.25, 0.3) is 0 Å². The van der Waals surface area contributed by atoms with E-state index in [0.717, 1.165) is 0 Å². The number of hydrogen-bond donors (Lipinski definition) is 1. The van der Waals surface area contributed by atoms with Crippen molar-refractivity contribution < 1.29 is 9.50 Å². The first-order valence-electron chi connectivity index (χ1n) is 4.61. The summed E-state index contributed by atoms with van der Waals surface area (Å²) in [4.78, 5) is 3.84. The van der Waals surface area contributed by atoms with Gasteiger partial charge < -0.3 is 5.11 Å². The molecule has 2 nitrogen and oxygen atoms in total. The number of aromatic nitrogens is 1. The topological polar surface area (TPSA) is 33.1 Å². The lowest BCUT2D eigenvalue weighted by Gasteiger charge is -2.09. The van der Waals surface area contributed by atoms with Gasteiger partial charge in [0, 0.05) is 23.5 Å². The van der Waals surface area contributed by atoms with Crippen molar-refractivity contribution in [2.24, 2.45) is 0 Å². The lowest BCUT2D eigenvalue weighted by atomic mass is 10.0. The van der Waals surface area contributed by atoms with Crippen LogP contribution in [0.1, 0.15) is 17.3 Å². The highest BCUT2D eigenvalue weighted by Gasteiger charge is 2.15. The molecule has 0 amide bonds. The van der Waals surface area contributed by atoms with Gasteiger partial charge in [-0.25, -0.2) is 4.39 Å². The fourth-order valence-electron chi connectivity index (χ4n) is 1.41. The molecule has 0 spiro atoms. The van der Waals surface area contributed by atoms with Gasteiger partial charge in [0.05, 0.1) is 0 Å². The van der Waals surface area contributed by atoms with Crippen molar-refractivity contribution in [3.63, 3.8) is 0 Å². The number of para-hydroxylation sites is 1. The summed E-state index contributed by atoms with van der Waals surface area (Å²) < 4.78 is 13.9. The van der Waals surface area contributed by atoms with Crippen molar-refractivity contribution in [1.82, 2.24) is 4.98 Å². The van der Waals surface area contributed by atoms with E-state index in [2.05, 4.69) is 4.98 Å². The summed E-state index contributed by atoms with van der Waals surface area (Å²) in [5, 5.41) is 9.48. The monoisotopic (exact) mass is 203 g/mol. The number of rotatable bonds is 2. The van der Waals surface area contributed by atoms with E-state index in [1.165, 1.54) is 12.3 Å². The second-order valence-electron chi connectivity index (χ2n) is 3.21. The van der Waals surface area contributed by atoms with Crippen molar-refractivity contribution in [3.05, 3.63) is 59.9 Å². The molecule has 2 aromatic rings. The van der Waals surface area contributed by atoms with Crippen LogP contribution in [0.25, 0.3) is 0 Å². The molecule has 0 saturated heterocycles. The van der Waals surface area contributed by atoms with Gasteiger partial charge in [0.15, 0.2) is 6.17 Å². The smallest absolute Gasteiger partial charge is 0.155 e. The summed E-state index contributed by atoms with van der Waals surface area (Å²) in [7, 11) is 0. The normalized spacial score (nSPS) is 12.3. The molecular formula is C12H10FNO. The Balaban J connectivity index is 2.37. The van der Waals surface area contributed by atoms with Gasteiger partial charge in [-0.05, 0) is 12.1 Å². The third kappa shape index (κ3) is 1.96. The molecule has 2 rings (SSSR count). The van der Waals surface area contributed by atoms with Gasteiger partial charge in [-0.1, -0.05) is 24.3 Å². The number of hydrogen-bond acceptors (Lipinski definition) is 2. The van der Waals surface area contributed by atoms with Crippen LogP contribution in [-0.2, 0) is 0 Å². The first-order chi connectivity index (χ1) is 7.29. The Morgan fingerprint density at radius 2 is 1.93 bits per heavy atom. The van der Waals surface area contributed by atoms with Crippen molar-refractivity contribution in [3.8, 4) is 5.75 Å². The molecule has 3 heteroatoms. The van der Waals surface area contributed by atoms with Crippen LogP contribution in [0.4, 0.5) is 4.39 Å². The number of phenolic OH excluding ortho intramolecular Hbond substituents is 1. The minimum atomic E-state index is -1.33. The van der Waals surface area contributed by atoms with Gasteiger partial charge in [-0.15, -0.1) is 0 Å². The molecule has 0 fully saturated rings. The zero-order valence-electron chi connectivity index (χ0n) is 7.97. The quantitative estimate of drug-likeness (QED) is 0.814. The van der Waals surface area contributed by atoms with E-state index in [1.807, 2.05) is 0 Å². The minimum absolute atomic E-state index is 0.0335. The summed E-state index contributed by atoms with van der Waals surface area (Å²) >= 11 is 0. The molecule has 1 unspecified atom stereocenters. The Bertz CT molecular complexity index is 444. The van der Waals surface area contributed by atoms with Crippen molar-refractivity contribution in [1.29, 1.82) is 0 Å². The Kier molecular flexibility index (Phi) is 2.63. The highest BCUT2D eigenvalue weighted by Crippen LogP contribution is 2.31. The van der Waals surface area contributed by atoms with E-state index in [4.69, 9.17) is 0 Å². The molecule has 15 heavy (non-hydrogen) atoms. The highest BCUT2D eigenvalue weighted by atomic mass is 19.1. The van der Waals surface area contributed by atoms with E-state index in [9.17, 15) is 9.50 Å². The predicted molar refractivity (Wildman–Crippen MR) is 55.3 cm³/mol. The minimum Gasteiger partial charge on any atom is -0.508 e. The molecule has 76 valence electrons. The molecule has 1 N–H and O–H groups in total. The Morgan fingerprint density at radius 1 is 1.13 bits per heavy atom. The Labute approximate surface area is 87.0 Å². The lowest BCUT2D eigenvalue weighted by Crippen LogP contribution is -1.95. The largest absolute Gasteiger partial charge is 0.508 e. The van der Waals surface area contributed by atoms with Crippen LogP contribution in [0, 0.1) is 0 Å². The maximum Gasteiger partial charge on any atom is 0.155 e. The third-order valence-corrected chi connectivity index (χ3v) is 2.19. The summed E-state index contributed by atoms with van der Waals surface area (Å²) in [6.45, 7) is 0. The number of pyridine rings is 1. The van der Waals surface area contributed by atoms with Crippen LogP contribution >= 0.6 is 0 Å². The molecule has 0 aliphatic heterocycles. The zero-order chi connectivity index (χ0) is 10.7. The molecule has 1 atom stereocenters. The molecule has 0 aliphatic carbocycles. The average molecular weight is 203 g/mol. The maximum absolute atomic E-state index is 13.9. The number of aromatic hydroxyl groups is 1. The number of benzene rings is 1. The van der Waals surface area contributed by atoms with E-state index in [1.54, 1.807) is 36.5 Å². The third-order valence-electron chi connectivity index (χ3n) is 2.19. The number of phenols is 1. The summed E-state index contributed by atoms with van der Waals surface area (Å²) in [5.74, 6) is -0.0335. The fourth-order valence-corrected chi connectivity index (χ4v) is 1.41. The molecule has 0 aliphatic rings. The van der Waals surface area contributed by atoms with Crippen LogP contribution in [0.5, 0.6) is 5.75 Å². The Morgan fingerprint density at radius 3 is 2.60 bits per heavy atom. The molecule has 0 radical (unpaired) electrons. The van der Waals surface area contributed by atoms with Crippen LogP contribution in [0.15, 0.2) is 48.8 Å². The van der Waals surface area contributed by atoms with Gasteiger partial charge >= 0.3 is 0 Å². The molecule has 1 aromatic heterocycles. The van der Waals surface area contributed by atoms with E-state index in [0.29, 0.717) is 5.56 Å². The van der Waals surface area contributed by atoms with Crippen molar-refractivity contribution in [2.45, 2.75) is 6.17 Å². The van der Waals surface area contributed by atoms with Gasteiger partial charge in [-0.3, -0.25) is 4.98 Å². The number of halogens is 1. The van der Waals surface area contributed by atoms with Gasteiger partial charge in [-0.2, -0.15) is 0 Å². The Hall–Kier alpha value is -1.90. The van der Waals surface area contributed by atoms with Crippen LogP contribution in [-0.4, -0.2) is 10.1 Å². The fraction of sp³-hybridized carbons (Fsp3) is 0.0833. The second kappa shape index (κ2) is 4.09. The highest BCUT2D eigenvalue weighted by molar-refractivity contribution is 5.38. The second-order valence-corrected chi connectivity index (χ2v) is 3.21. The lowest BCUT2D eigenvalue weighted by molar-refractivity contribution is 0.378. The summed E-state index contributed by atoms with van der Waals surface area (Å²) in [5.41, 5.74) is 0.713. The number of nitrogens with zero attached hydrogens (tertiary/aromatic N) is 1. The molecule has 1 heterocycles. The molecule has 0 bridgehead atoms. The SMILES string of the molecule is Oc1ccccc1C(F)c1cccnc1. The van der Waals surface area contributed by atoms with E-state index in [-0.39, 0.29) is 11.3 Å². The number of alkyl halides is 1. The van der Waals surface area contributed by atoms with E-state index < -0.39 is 6.17 Å². The summed E-state index contributed by atoms with van der Waals surface area (Å²) in [6, 6.07) is 9.70. The zero-order valence-corrected chi connectivity index (χ0v) is 7.97. The first-order valence-corrected chi connectivity index (χ1v) is 4.61. The van der Waals surface area contributed by atoms with E-state index >= 15 is 0 Å². The van der Waals surface area contributed by atoms with Crippen molar-refractivity contribution >= 4 is 0 Å². The first kappa shape index (κ1) is 9.65. The molecule has 1 aromatic carbocycles. The van der Waals surface area contributed by atoms with Crippen LogP contribution < -0.4 is 0 Å². The molecule has 0 saturated carbocycles. The van der Waals surface area contributed by atoms with Crippen LogP contribution in [0.2, 0.25) is 0 Å².